The Balaban J connectivity index is 1.86. The average Bonchev–Trinajstić information content (AvgIpc) is 2.89. The van der Waals surface area contributed by atoms with Gasteiger partial charge in [0.2, 0.25) is 7.14 Å². The van der Waals surface area contributed by atoms with Crippen molar-refractivity contribution >= 4 is 29.1 Å². The molecule has 0 aliphatic carbocycles. The zero-order chi connectivity index (χ0) is 26.7. The monoisotopic (exact) mass is 505 g/mol. The molecular formula is C34H36NOP. The van der Waals surface area contributed by atoms with Crippen LogP contribution >= 0.6 is 7.14 Å². The molecule has 0 saturated carbocycles. The average molecular weight is 506 g/mol. The largest absolute Gasteiger partial charge is 0.300 e. The summed E-state index contributed by atoms with van der Waals surface area (Å²) < 4.78 is 14.6. The molecule has 0 bridgehead atoms. The standard InChI is InChI=1S/C34H36NOP/c1-33(2,3)27-17-21-29(22-18-27)35(30-23-19-28(20-24-30)34(4,5)6)25-26-37(36,31-13-9-7-10-14-31)32-15-11-8-12-16-32/h7-24H,1-6H3. The molecule has 0 heterocycles. The lowest BCUT2D eigenvalue weighted by Crippen LogP contribution is -2.16. The van der Waals surface area contributed by atoms with Crippen molar-refractivity contribution in [2.45, 2.75) is 52.4 Å². The summed E-state index contributed by atoms with van der Waals surface area (Å²) in [7, 11) is -3.19. The maximum Gasteiger partial charge on any atom is 0.212 e. The summed E-state index contributed by atoms with van der Waals surface area (Å²) in [5, 5.41) is 1.47. The van der Waals surface area contributed by atoms with Gasteiger partial charge in [-0.2, -0.15) is 0 Å². The minimum Gasteiger partial charge on any atom is -0.300 e. The van der Waals surface area contributed by atoms with Crippen molar-refractivity contribution in [1.29, 1.82) is 0 Å². The van der Waals surface area contributed by atoms with Crippen LogP contribution in [0.4, 0.5) is 11.4 Å². The molecule has 0 aromatic heterocycles. The third-order valence-electron chi connectivity index (χ3n) is 6.54. The molecule has 0 aliphatic rings. The van der Waals surface area contributed by atoms with E-state index in [1.807, 2.05) is 65.6 Å². The maximum absolute atomic E-state index is 14.6. The molecule has 0 radical (unpaired) electrons. The molecule has 2 nitrogen and oxygen atoms in total. The van der Waals surface area contributed by atoms with E-state index in [9.17, 15) is 4.57 Å². The second-order valence-corrected chi connectivity index (χ2v) is 13.9. The summed E-state index contributed by atoms with van der Waals surface area (Å²) >= 11 is 0. The third-order valence-corrected chi connectivity index (χ3v) is 9.01. The van der Waals surface area contributed by atoms with Crippen LogP contribution < -0.4 is 15.5 Å². The summed E-state index contributed by atoms with van der Waals surface area (Å²) in [6.45, 7) is 13.3. The van der Waals surface area contributed by atoms with Gasteiger partial charge in [-0.05, 0) is 51.9 Å². The van der Waals surface area contributed by atoms with Crippen LogP contribution in [0.3, 0.4) is 0 Å². The van der Waals surface area contributed by atoms with Gasteiger partial charge in [0.05, 0.1) is 11.4 Å². The van der Waals surface area contributed by atoms with Gasteiger partial charge in [0.15, 0.2) is 0 Å². The van der Waals surface area contributed by atoms with Crippen molar-refractivity contribution in [3.8, 4) is 11.7 Å². The maximum atomic E-state index is 14.6. The van der Waals surface area contributed by atoms with Crippen LogP contribution in [0, 0.1) is 11.7 Å². The Labute approximate surface area is 222 Å². The summed E-state index contributed by atoms with van der Waals surface area (Å²) in [6, 6.07) is 39.5. The van der Waals surface area contributed by atoms with Gasteiger partial charge in [0.25, 0.3) is 0 Å². The molecule has 4 rings (SSSR count). The lowest BCUT2D eigenvalue weighted by molar-refractivity contribution is 0.590. The first-order valence-electron chi connectivity index (χ1n) is 12.7. The van der Waals surface area contributed by atoms with Crippen LogP contribution in [0.25, 0.3) is 0 Å². The highest BCUT2D eigenvalue weighted by Crippen LogP contribution is 2.42. The molecule has 0 saturated heterocycles. The van der Waals surface area contributed by atoms with E-state index in [2.05, 4.69) is 102 Å². The van der Waals surface area contributed by atoms with Crippen molar-refractivity contribution in [2.24, 2.45) is 0 Å². The van der Waals surface area contributed by atoms with Crippen LogP contribution in [-0.2, 0) is 15.4 Å². The summed E-state index contributed by atoms with van der Waals surface area (Å²) in [5.41, 5.74) is 7.75. The van der Waals surface area contributed by atoms with Gasteiger partial charge in [-0.25, -0.2) is 0 Å². The lowest BCUT2D eigenvalue weighted by Gasteiger charge is -2.24. The van der Waals surface area contributed by atoms with Gasteiger partial charge >= 0.3 is 0 Å². The van der Waals surface area contributed by atoms with Gasteiger partial charge < -0.3 is 0 Å². The van der Waals surface area contributed by atoms with Crippen LogP contribution in [-0.4, -0.2) is 0 Å². The Morgan fingerprint density at radius 3 is 1.22 bits per heavy atom. The molecule has 0 spiro atoms. The molecule has 0 fully saturated rings. The highest BCUT2D eigenvalue weighted by Gasteiger charge is 2.25. The molecule has 0 unspecified atom stereocenters. The van der Waals surface area contributed by atoms with Gasteiger partial charge in [-0.3, -0.25) is 9.46 Å². The Hall–Kier alpha value is -3.53. The number of rotatable bonds is 4. The van der Waals surface area contributed by atoms with Crippen molar-refractivity contribution in [3.05, 3.63) is 120 Å². The Kier molecular flexibility index (Phi) is 7.49. The van der Waals surface area contributed by atoms with E-state index in [4.69, 9.17) is 0 Å². The number of hydrogen-bond acceptors (Lipinski definition) is 2. The summed E-state index contributed by atoms with van der Waals surface area (Å²) in [6.07, 6.45) is 0. The molecular weight excluding hydrogens is 469 g/mol. The van der Waals surface area contributed by atoms with Gasteiger partial charge in [0, 0.05) is 16.7 Å². The van der Waals surface area contributed by atoms with E-state index >= 15 is 0 Å². The van der Waals surface area contributed by atoms with Crippen molar-refractivity contribution in [3.63, 3.8) is 0 Å². The van der Waals surface area contributed by atoms with Crippen molar-refractivity contribution in [2.75, 3.05) is 4.90 Å². The second kappa shape index (κ2) is 10.5. The molecule has 4 aromatic rings. The predicted molar refractivity (Wildman–Crippen MR) is 160 cm³/mol. The second-order valence-electron chi connectivity index (χ2n) is 11.4. The molecule has 0 amide bonds. The summed E-state index contributed by atoms with van der Waals surface area (Å²) in [4.78, 5) is 1.96. The van der Waals surface area contributed by atoms with Crippen LogP contribution in [0.1, 0.15) is 52.7 Å². The quantitative estimate of drug-likeness (QED) is 0.158. The first-order chi connectivity index (χ1) is 17.5. The first-order valence-corrected chi connectivity index (χ1v) is 14.4. The van der Waals surface area contributed by atoms with Crippen LogP contribution in [0.15, 0.2) is 109 Å². The lowest BCUT2D eigenvalue weighted by atomic mass is 9.87. The molecule has 4 aromatic carbocycles. The highest BCUT2D eigenvalue weighted by atomic mass is 31.2. The number of nitrogens with zero attached hydrogens (tertiary/aromatic N) is 1. The minimum absolute atomic E-state index is 0.0553. The van der Waals surface area contributed by atoms with E-state index in [-0.39, 0.29) is 10.8 Å². The molecule has 0 aliphatic heterocycles. The van der Waals surface area contributed by atoms with E-state index in [0.29, 0.717) is 0 Å². The number of hydrogen-bond donors (Lipinski definition) is 0. The topological polar surface area (TPSA) is 20.3 Å². The minimum atomic E-state index is -3.19. The molecule has 0 atom stereocenters. The van der Waals surface area contributed by atoms with E-state index in [0.717, 1.165) is 22.0 Å². The van der Waals surface area contributed by atoms with Crippen molar-refractivity contribution in [1.82, 2.24) is 0 Å². The molecule has 3 heteroatoms. The van der Waals surface area contributed by atoms with E-state index in [1.54, 1.807) is 0 Å². The summed E-state index contributed by atoms with van der Waals surface area (Å²) in [5.74, 6) is 0. The Morgan fingerprint density at radius 2 is 0.892 bits per heavy atom. The van der Waals surface area contributed by atoms with Crippen molar-refractivity contribution < 1.29 is 4.57 Å². The molecule has 0 N–H and O–H groups in total. The van der Waals surface area contributed by atoms with Crippen LogP contribution in [0.5, 0.6) is 0 Å². The predicted octanol–water partition coefficient (Wildman–Crippen LogP) is 8.35. The smallest absolute Gasteiger partial charge is 0.212 e. The van der Waals surface area contributed by atoms with Gasteiger partial charge in [-0.1, -0.05) is 126 Å². The Bertz CT molecular complexity index is 1330. The van der Waals surface area contributed by atoms with Gasteiger partial charge in [-0.15, -0.1) is 0 Å². The molecule has 188 valence electrons. The highest BCUT2D eigenvalue weighted by molar-refractivity contribution is 7.83. The van der Waals surface area contributed by atoms with Gasteiger partial charge in [0.1, 0.15) is 0 Å². The molecule has 37 heavy (non-hydrogen) atoms. The fourth-order valence-electron chi connectivity index (χ4n) is 4.17. The van der Waals surface area contributed by atoms with Crippen LogP contribution in [0.2, 0.25) is 0 Å². The SMILES string of the molecule is CC(C)(C)c1ccc(N(C#CP(=O)(c2ccccc2)c2ccccc2)c2ccc(C(C)(C)C)cc2)cc1. The fourth-order valence-corrected chi connectivity index (χ4v) is 6.15. The third kappa shape index (κ3) is 6.07. The number of anilines is 2. The van der Waals surface area contributed by atoms with E-state index < -0.39 is 7.14 Å². The van der Waals surface area contributed by atoms with E-state index in [1.165, 1.54) is 11.1 Å². The zero-order valence-electron chi connectivity index (χ0n) is 22.7. The first kappa shape index (κ1) is 26.5. The fraction of sp³-hybridized carbons (Fsp3) is 0.235. The zero-order valence-corrected chi connectivity index (χ0v) is 23.6. The number of benzene rings is 4. The Morgan fingerprint density at radius 1 is 0.541 bits per heavy atom. The normalized spacial score (nSPS) is 11.9.